The third-order valence-corrected chi connectivity index (χ3v) is 5.74. The van der Waals surface area contributed by atoms with Crippen LogP contribution < -0.4 is 9.46 Å². The van der Waals surface area contributed by atoms with Crippen LogP contribution in [0.4, 0.5) is 0 Å². The van der Waals surface area contributed by atoms with E-state index in [0.717, 1.165) is 19.6 Å². The van der Waals surface area contributed by atoms with E-state index in [4.69, 9.17) is 4.74 Å². The molecule has 5 nitrogen and oxygen atoms in total. The van der Waals surface area contributed by atoms with Crippen molar-refractivity contribution in [2.24, 2.45) is 5.92 Å². The van der Waals surface area contributed by atoms with Crippen molar-refractivity contribution >= 4 is 26.0 Å². The maximum atomic E-state index is 12.5. The van der Waals surface area contributed by atoms with Crippen LogP contribution in [0.25, 0.3) is 0 Å². The molecule has 1 aromatic carbocycles. The predicted molar refractivity (Wildman–Crippen MR) is 90.7 cm³/mol. The second-order valence-electron chi connectivity index (χ2n) is 5.76. The van der Waals surface area contributed by atoms with Gasteiger partial charge in [-0.2, -0.15) is 0 Å². The van der Waals surface area contributed by atoms with E-state index in [-0.39, 0.29) is 10.8 Å². The highest BCUT2D eigenvalue weighted by Crippen LogP contribution is 2.27. The summed E-state index contributed by atoms with van der Waals surface area (Å²) >= 11 is 3.30. The molecule has 1 saturated heterocycles. The van der Waals surface area contributed by atoms with Crippen molar-refractivity contribution in [1.29, 1.82) is 0 Å². The maximum Gasteiger partial charge on any atom is 0.244 e. The quantitative estimate of drug-likeness (QED) is 0.776. The van der Waals surface area contributed by atoms with E-state index in [2.05, 4.69) is 32.5 Å². The summed E-state index contributed by atoms with van der Waals surface area (Å²) in [6.07, 6.45) is 2.49. The van der Waals surface area contributed by atoms with Crippen LogP contribution in [0.1, 0.15) is 19.8 Å². The minimum Gasteiger partial charge on any atom is -0.495 e. The number of likely N-dealkylation sites (tertiary alicyclic amines) is 1. The highest BCUT2D eigenvalue weighted by molar-refractivity contribution is 9.10. The first kappa shape index (κ1) is 17.7. The molecule has 22 heavy (non-hydrogen) atoms. The number of nitrogens with zero attached hydrogens (tertiary/aromatic N) is 1. The van der Waals surface area contributed by atoms with Gasteiger partial charge < -0.3 is 9.64 Å². The topological polar surface area (TPSA) is 58.6 Å². The Morgan fingerprint density at radius 1 is 1.36 bits per heavy atom. The molecule has 0 aromatic heterocycles. The Morgan fingerprint density at radius 2 is 2.05 bits per heavy atom. The number of methoxy groups -OCH3 is 1. The van der Waals surface area contributed by atoms with Gasteiger partial charge >= 0.3 is 0 Å². The van der Waals surface area contributed by atoms with Gasteiger partial charge in [-0.25, -0.2) is 13.1 Å². The van der Waals surface area contributed by atoms with Gasteiger partial charge in [0.2, 0.25) is 10.0 Å². The Balaban J connectivity index is 2.00. The van der Waals surface area contributed by atoms with E-state index in [1.54, 1.807) is 18.2 Å². The maximum absolute atomic E-state index is 12.5. The Bertz CT molecular complexity index is 601. The third-order valence-electron chi connectivity index (χ3n) is 3.81. The number of benzene rings is 1. The van der Waals surface area contributed by atoms with Crippen LogP contribution in [0.5, 0.6) is 5.75 Å². The molecule has 0 radical (unpaired) electrons. The summed E-state index contributed by atoms with van der Waals surface area (Å²) < 4.78 is 33.5. The zero-order valence-electron chi connectivity index (χ0n) is 13.0. The molecule has 124 valence electrons. The van der Waals surface area contributed by atoms with Gasteiger partial charge in [0.15, 0.2) is 0 Å². The standard InChI is InChI=1S/C15H23BrN2O3S/c1-12(11-18-7-3-4-8-18)10-17-22(19,20)15-9-13(16)5-6-14(15)21-2/h5-6,9,12,17H,3-4,7-8,10-11H2,1-2H3/t12-/m0/s1. The molecule has 0 aliphatic carbocycles. The molecular weight excluding hydrogens is 368 g/mol. The van der Waals surface area contributed by atoms with Gasteiger partial charge in [0.1, 0.15) is 10.6 Å². The largest absolute Gasteiger partial charge is 0.495 e. The number of rotatable bonds is 7. The van der Waals surface area contributed by atoms with Gasteiger partial charge in [0, 0.05) is 17.6 Å². The van der Waals surface area contributed by atoms with Crippen LogP contribution in [0, 0.1) is 5.92 Å². The van der Waals surface area contributed by atoms with Gasteiger partial charge in [0.25, 0.3) is 0 Å². The summed E-state index contributed by atoms with van der Waals surface area (Å²) in [7, 11) is -2.11. The Morgan fingerprint density at radius 3 is 2.68 bits per heavy atom. The van der Waals surface area contributed by atoms with Gasteiger partial charge in [-0.05, 0) is 50.0 Å². The molecule has 1 aliphatic rings. The number of halogens is 1. The van der Waals surface area contributed by atoms with Crippen molar-refractivity contribution in [3.05, 3.63) is 22.7 Å². The molecule has 1 aromatic rings. The number of nitrogens with one attached hydrogen (secondary N) is 1. The van der Waals surface area contributed by atoms with E-state index in [1.807, 2.05) is 0 Å². The average molecular weight is 391 g/mol. The molecule has 0 unspecified atom stereocenters. The normalized spacial score (nSPS) is 17.6. The van der Waals surface area contributed by atoms with Crippen molar-refractivity contribution in [2.45, 2.75) is 24.7 Å². The molecule has 0 saturated carbocycles. The smallest absolute Gasteiger partial charge is 0.244 e. The first-order chi connectivity index (χ1) is 10.4. The van der Waals surface area contributed by atoms with Gasteiger partial charge in [-0.1, -0.05) is 22.9 Å². The molecule has 1 N–H and O–H groups in total. The zero-order valence-corrected chi connectivity index (χ0v) is 15.4. The second-order valence-corrected chi connectivity index (χ2v) is 8.41. The molecule has 0 amide bonds. The minimum absolute atomic E-state index is 0.165. The molecule has 7 heteroatoms. The summed E-state index contributed by atoms with van der Waals surface area (Å²) in [5, 5.41) is 0. The lowest BCUT2D eigenvalue weighted by atomic mass is 10.2. The molecular formula is C15H23BrN2O3S. The van der Waals surface area contributed by atoms with Crippen LogP contribution in [0.2, 0.25) is 0 Å². The van der Waals surface area contributed by atoms with E-state index in [1.165, 1.54) is 20.0 Å². The van der Waals surface area contributed by atoms with Crippen molar-refractivity contribution in [3.8, 4) is 5.75 Å². The van der Waals surface area contributed by atoms with Gasteiger partial charge in [-0.15, -0.1) is 0 Å². The van der Waals surface area contributed by atoms with Crippen LogP contribution in [-0.2, 0) is 10.0 Å². The lowest BCUT2D eigenvalue weighted by Crippen LogP contribution is -2.34. The fourth-order valence-corrected chi connectivity index (χ4v) is 4.53. The Kier molecular flexibility index (Phi) is 6.26. The van der Waals surface area contributed by atoms with Crippen LogP contribution in [-0.4, -0.2) is 46.6 Å². The molecule has 1 fully saturated rings. The first-order valence-corrected chi connectivity index (χ1v) is 9.75. The summed E-state index contributed by atoms with van der Waals surface area (Å²) in [6, 6.07) is 4.96. The van der Waals surface area contributed by atoms with Crippen LogP contribution in [0.15, 0.2) is 27.6 Å². The van der Waals surface area contributed by atoms with Crippen molar-refractivity contribution < 1.29 is 13.2 Å². The van der Waals surface area contributed by atoms with Crippen LogP contribution >= 0.6 is 15.9 Å². The predicted octanol–water partition coefficient (Wildman–Crippen LogP) is 2.47. The number of hydrogen-bond acceptors (Lipinski definition) is 4. The molecule has 0 bridgehead atoms. The van der Waals surface area contributed by atoms with Gasteiger partial charge in [-0.3, -0.25) is 0 Å². The average Bonchev–Trinajstić information content (AvgIpc) is 2.98. The van der Waals surface area contributed by atoms with E-state index in [0.29, 0.717) is 16.8 Å². The SMILES string of the molecule is COc1ccc(Br)cc1S(=O)(=O)NC[C@H](C)CN1CCCC1. The molecule has 0 spiro atoms. The lowest BCUT2D eigenvalue weighted by Gasteiger charge is -2.20. The number of sulfonamides is 1. The number of ether oxygens (including phenoxy) is 1. The molecule has 1 atom stereocenters. The monoisotopic (exact) mass is 390 g/mol. The fraction of sp³-hybridized carbons (Fsp3) is 0.600. The Labute approximate surface area is 141 Å². The first-order valence-electron chi connectivity index (χ1n) is 7.48. The number of hydrogen-bond donors (Lipinski definition) is 1. The lowest BCUT2D eigenvalue weighted by molar-refractivity contribution is 0.288. The van der Waals surface area contributed by atoms with Crippen molar-refractivity contribution in [3.63, 3.8) is 0 Å². The van der Waals surface area contributed by atoms with Crippen molar-refractivity contribution in [1.82, 2.24) is 9.62 Å². The second kappa shape index (κ2) is 7.77. The Hall–Kier alpha value is -0.630. The zero-order chi connectivity index (χ0) is 16.2. The highest BCUT2D eigenvalue weighted by Gasteiger charge is 2.21. The highest BCUT2D eigenvalue weighted by atomic mass is 79.9. The van der Waals surface area contributed by atoms with Crippen molar-refractivity contribution in [2.75, 3.05) is 33.3 Å². The summed E-state index contributed by atoms with van der Waals surface area (Å²) in [5.74, 6) is 0.619. The fourth-order valence-electron chi connectivity index (χ4n) is 2.66. The van der Waals surface area contributed by atoms with Gasteiger partial charge in [0.05, 0.1) is 7.11 Å². The minimum atomic E-state index is -3.58. The molecule has 1 aliphatic heterocycles. The summed E-state index contributed by atoms with van der Waals surface area (Å²) in [4.78, 5) is 2.55. The summed E-state index contributed by atoms with van der Waals surface area (Å²) in [6.45, 7) is 5.67. The molecule has 1 heterocycles. The third kappa shape index (κ3) is 4.68. The van der Waals surface area contributed by atoms with E-state index in [9.17, 15) is 8.42 Å². The van der Waals surface area contributed by atoms with E-state index < -0.39 is 10.0 Å². The van der Waals surface area contributed by atoms with E-state index >= 15 is 0 Å². The van der Waals surface area contributed by atoms with Crippen LogP contribution in [0.3, 0.4) is 0 Å². The molecule has 2 rings (SSSR count). The summed E-state index contributed by atoms with van der Waals surface area (Å²) in [5.41, 5.74) is 0.